The minimum Gasteiger partial charge on any atom is -0.497 e. The predicted molar refractivity (Wildman–Crippen MR) is 56.7 cm³/mol. The zero-order valence-corrected chi connectivity index (χ0v) is 8.69. The molecule has 1 fully saturated rings. The van der Waals surface area contributed by atoms with E-state index in [4.69, 9.17) is 10.5 Å². The third-order valence-corrected chi connectivity index (χ3v) is 4.14. The fraction of sp³-hybridized carbons (Fsp3) is 0.800. The topological polar surface area (TPSA) is 35.2 Å². The van der Waals surface area contributed by atoms with Crippen LogP contribution in [-0.4, -0.2) is 23.7 Å². The van der Waals surface area contributed by atoms with Gasteiger partial charge in [-0.3, -0.25) is 0 Å². The van der Waals surface area contributed by atoms with Crippen LogP contribution in [0.1, 0.15) is 25.7 Å². The zero-order valence-electron chi connectivity index (χ0n) is 7.87. The van der Waals surface area contributed by atoms with Gasteiger partial charge in [0.05, 0.1) is 12.6 Å². The minimum atomic E-state index is 0.146. The largest absolute Gasteiger partial charge is 0.497 e. The second-order valence-corrected chi connectivity index (χ2v) is 5.02. The van der Waals surface area contributed by atoms with Crippen LogP contribution < -0.4 is 5.73 Å². The van der Waals surface area contributed by atoms with Crippen molar-refractivity contribution in [3.8, 4) is 0 Å². The SMILES string of the molecule is NC(C1=CCCCO1)C1CCCS1. The summed E-state index contributed by atoms with van der Waals surface area (Å²) < 4.78 is 5.57. The van der Waals surface area contributed by atoms with Gasteiger partial charge in [0, 0.05) is 5.25 Å². The molecule has 2 atom stereocenters. The third-order valence-electron chi connectivity index (χ3n) is 2.66. The molecule has 0 radical (unpaired) electrons. The molecule has 0 saturated carbocycles. The van der Waals surface area contributed by atoms with E-state index in [0.29, 0.717) is 5.25 Å². The van der Waals surface area contributed by atoms with Crippen molar-refractivity contribution >= 4 is 11.8 Å². The van der Waals surface area contributed by atoms with Crippen molar-refractivity contribution in [2.24, 2.45) is 5.73 Å². The zero-order chi connectivity index (χ0) is 9.10. The molecule has 2 aliphatic rings. The van der Waals surface area contributed by atoms with Gasteiger partial charge in [0.1, 0.15) is 5.76 Å². The highest BCUT2D eigenvalue weighted by Gasteiger charge is 2.26. The summed E-state index contributed by atoms with van der Waals surface area (Å²) in [5.74, 6) is 2.32. The second-order valence-electron chi connectivity index (χ2n) is 3.67. The number of hydrogen-bond acceptors (Lipinski definition) is 3. The van der Waals surface area contributed by atoms with Gasteiger partial charge in [0.25, 0.3) is 0 Å². The number of hydrogen-bond donors (Lipinski definition) is 1. The first-order valence-corrected chi connectivity index (χ1v) is 6.13. The molecular formula is C10H17NOS. The highest BCUT2D eigenvalue weighted by atomic mass is 32.2. The van der Waals surface area contributed by atoms with E-state index in [9.17, 15) is 0 Å². The van der Waals surface area contributed by atoms with Gasteiger partial charge in [-0.25, -0.2) is 0 Å². The van der Waals surface area contributed by atoms with E-state index in [1.165, 1.54) is 18.6 Å². The Morgan fingerprint density at radius 1 is 1.54 bits per heavy atom. The van der Waals surface area contributed by atoms with Gasteiger partial charge in [-0.1, -0.05) is 0 Å². The van der Waals surface area contributed by atoms with E-state index >= 15 is 0 Å². The summed E-state index contributed by atoms with van der Waals surface area (Å²) in [5, 5.41) is 0.601. The first-order valence-electron chi connectivity index (χ1n) is 5.08. The van der Waals surface area contributed by atoms with E-state index in [2.05, 4.69) is 6.08 Å². The van der Waals surface area contributed by atoms with Gasteiger partial charge in [0.2, 0.25) is 0 Å². The van der Waals surface area contributed by atoms with Crippen molar-refractivity contribution in [1.82, 2.24) is 0 Å². The summed E-state index contributed by atoms with van der Waals surface area (Å²) in [6.45, 7) is 0.858. The Labute approximate surface area is 83.9 Å². The quantitative estimate of drug-likeness (QED) is 0.738. The van der Waals surface area contributed by atoms with Crippen molar-refractivity contribution in [2.75, 3.05) is 12.4 Å². The van der Waals surface area contributed by atoms with Gasteiger partial charge in [-0.2, -0.15) is 11.8 Å². The lowest BCUT2D eigenvalue weighted by Crippen LogP contribution is -2.34. The van der Waals surface area contributed by atoms with E-state index in [1.54, 1.807) is 0 Å². The first kappa shape index (κ1) is 9.41. The Balaban J connectivity index is 1.94. The smallest absolute Gasteiger partial charge is 0.110 e. The molecule has 13 heavy (non-hydrogen) atoms. The molecule has 1 saturated heterocycles. The lowest BCUT2D eigenvalue weighted by molar-refractivity contribution is 0.174. The molecule has 2 N–H and O–H groups in total. The average Bonchev–Trinajstić information content (AvgIpc) is 2.71. The second kappa shape index (κ2) is 4.38. The van der Waals surface area contributed by atoms with Gasteiger partial charge >= 0.3 is 0 Å². The lowest BCUT2D eigenvalue weighted by atomic mass is 10.1. The summed E-state index contributed by atoms with van der Waals surface area (Å²) >= 11 is 2.00. The normalized spacial score (nSPS) is 30.8. The Morgan fingerprint density at radius 2 is 2.46 bits per heavy atom. The summed E-state index contributed by atoms with van der Waals surface area (Å²) in [7, 11) is 0. The fourth-order valence-corrected chi connectivity index (χ4v) is 3.19. The molecule has 0 bridgehead atoms. The van der Waals surface area contributed by atoms with Crippen LogP contribution in [0.3, 0.4) is 0 Å². The Bertz CT molecular complexity index is 199. The van der Waals surface area contributed by atoms with E-state index in [-0.39, 0.29) is 6.04 Å². The molecule has 0 aromatic carbocycles. The highest BCUT2D eigenvalue weighted by Crippen LogP contribution is 2.31. The Morgan fingerprint density at radius 3 is 3.08 bits per heavy atom. The number of nitrogens with two attached hydrogens (primary N) is 1. The molecule has 2 unspecified atom stereocenters. The van der Waals surface area contributed by atoms with Crippen LogP contribution in [0, 0.1) is 0 Å². The monoisotopic (exact) mass is 199 g/mol. The first-order chi connectivity index (χ1) is 6.38. The van der Waals surface area contributed by atoms with Crippen molar-refractivity contribution in [1.29, 1.82) is 0 Å². The van der Waals surface area contributed by atoms with Crippen LogP contribution in [0.15, 0.2) is 11.8 Å². The Kier molecular flexibility index (Phi) is 3.17. The van der Waals surface area contributed by atoms with Crippen LogP contribution in [0.2, 0.25) is 0 Å². The van der Waals surface area contributed by atoms with Crippen LogP contribution in [0.25, 0.3) is 0 Å². The van der Waals surface area contributed by atoms with Crippen molar-refractivity contribution in [3.63, 3.8) is 0 Å². The van der Waals surface area contributed by atoms with Crippen LogP contribution in [-0.2, 0) is 4.74 Å². The number of ether oxygens (including phenoxy) is 1. The number of thioether (sulfide) groups is 1. The van der Waals surface area contributed by atoms with E-state index in [1.807, 2.05) is 11.8 Å². The van der Waals surface area contributed by atoms with Gasteiger partial charge in [-0.15, -0.1) is 0 Å². The molecule has 0 aromatic rings. The van der Waals surface area contributed by atoms with E-state index < -0.39 is 0 Å². The summed E-state index contributed by atoms with van der Waals surface area (Å²) in [6, 6.07) is 0.146. The van der Waals surface area contributed by atoms with Gasteiger partial charge < -0.3 is 10.5 Å². The van der Waals surface area contributed by atoms with E-state index in [0.717, 1.165) is 25.2 Å². The van der Waals surface area contributed by atoms with Gasteiger partial charge in [0.15, 0.2) is 0 Å². The fourth-order valence-electron chi connectivity index (χ4n) is 1.88. The number of rotatable bonds is 2. The maximum Gasteiger partial charge on any atom is 0.110 e. The molecule has 0 aromatic heterocycles. The maximum atomic E-state index is 6.14. The molecule has 74 valence electrons. The van der Waals surface area contributed by atoms with Crippen molar-refractivity contribution < 1.29 is 4.74 Å². The summed E-state index contributed by atoms with van der Waals surface area (Å²) in [4.78, 5) is 0. The molecule has 3 heteroatoms. The van der Waals surface area contributed by atoms with Crippen molar-refractivity contribution in [2.45, 2.75) is 37.0 Å². The highest BCUT2D eigenvalue weighted by molar-refractivity contribution is 8.00. The summed E-state index contributed by atoms with van der Waals surface area (Å²) in [6.07, 6.45) is 7.03. The molecule has 2 rings (SSSR count). The molecule has 0 aliphatic carbocycles. The molecule has 2 aliphatic heterocycles. The van der Waals surface area contributed by atoms with Gasteiger partial charge in [-0.05, 0) is 37.5 Å². The summed E-state index contributed by atoms with van der Waals surface area (Å²) in [5.41, 5.74) is 6.14. The third kappa shape index (κ3) is 2.20. The lowest BCUT2D eigenvalue weighted by Gasteiger charge is -2.24. The van der Waals surface area contributed by atoms with Crippen LogP contribution in [0.5, 0.6) is 0 Å². The maximum absolute atomic E-state index is 6.14. The average molecular weight is 199 g/mol. The molecular weight excluding hydrogens is 182 g/mol. The Hall–Kier alpha value is -0.150. The predicted octanol–water partition coefficient (Wildman–Crippen LogP) is 1.90. The number of allylic oxidation sites excluding steroid dienone is 1. The molecule has 2 nitrogen and oxygen atoms in total. The molecule has 0 spiro atoms. The molecule has 2 heterocycles. The van der Waals surface area contributed by atoms with Crippen LogP contribution in [0.4, 0.5) is 0 Å². The minimum absolute atomic E-state index is 0.146. The van der Waals surface area contributed by atoms with Crippen molar-refractivity contribution in [3.05, 3.63) is 11.8 Å². The molecule has 0 amide bonds. The standard InChI is InChI=1S/C10H17NOS/c11-10(9-5-3-7-13-9)8-4-1-2-6-12-8/h4,9-10H,1-3,5-7,11H2. The van der Waals surface area contributed by atoms with Crippen LogP contribution >= 0.6 is 11.8 Å².